The number of carbonyl (C=O) groups excluding carboxylic acids is 2. The van der Waals surface area contributed by atoms with E-state index in [-0.39, 0.29) is 11.9 Å². The quantitative estimate of drug-likeness (QED) is 0.753. The molecule has 2 amide bonds. The van der Waals surface area contributed by atoms with Crippen molar-refractivity contribution in [2.24, 2.45) is 0 Å². The standard InChI is InChI=1S/C22H24N2O3S/c1-3-20(25)24(17-12-7-8-13-18(17)27-2)21(19-14-9-15-28-19)22(26)23-16-10-5-4-6-11-16/h1,7-9,12-16,21H,4-6,10-11H2,2H3,(H,23,26). The van der Waals surface area contributed by atoms with E-state index in [1.54, 1.807) is 18.2 Å². The predicted octanol–water partition coefficient (Wildman–Crippen LogP) is 3.91. The molecule has 6 heteroatoms. The summed E-state index contributed by atoms with van der Waals surface area (Å²) in [6.45, 7) is 0. The number of methoxy groups -OCH3 is 1. The molecule has 1 aromatic heterocycles. The molecule has 1 unspecified atom stereocenters. The van der Waals surface area contributed by atoms with E-state index in [2.05, 4.69) is 11.2 Å². The topological polar surface area (TPSA) is 58.6 Å². The van der Waals surface area contributed by atoms with Crippen molar-refractivity contribution in [1.29, 1.82) is 0 Å². The number of amides is 2. The molecule has 28 heavy (non-hydrogen) atoms. The van der Waals surface area contributed by atoms with E-state index in [1.165, 1.54) is 29.8 Å². The van der Waals surface area contributed by atoms with Crippen molar-refractivity contribution in [3.63, 3.8) is 0 Å². The maximum absolute atomic E-state index is 13.3. The Labute approximate surface area is 169 Å². The third-order valence-electron chi connectivity index (χ3n) is 4.96. The van der Waals surface area contributed by atoms with E-state index in [0.717, 1.165) is 30.6 Å². The SMILES string of the molecule is C#CC(=O)N(c1ccccc1OC)C(C(=O)NC1CCCCC1)c1cccs1. The van der Waals surface area contributed by atoms with Crippen LogP contribution in [0.4, 0.5) is 5.69 Å². The maximum Gasteiger partial charge on any atom is 0.303 e. The number of terminal acetylenes is 1. The number of rotatable bonds is 6. The molecule has 3 rings (SSSR count). The minimum atomic E-state index is -0.846. The number of hydrogen-bond acceptors (Lipinski definition) is 4. The summed E-state index contributed by atoms with van der Waals surface area (Å²) in [6.07, 6.45) is 10.8. The van der Waals surface area contributed by atoms with Gasteiger partial charge in [-0.2, -0.15) is 0 Å². The fourth-order valence-corrected chi connectivity index (χ4v) is 4.42. The second-order valence-corrected chi connectivity index (χ2v) is 7.73. The number of para-hydroxylation sites is 2. The molecular formula is C22H24N2O3S. The van der Waals surface area contributed by atoms with Gasteiger partial charge in [-0.1, -0.05) is 37.5 Å². The first-order valence-corrected chi connectivity index (χ1v) is 10.3. The van der Waals surface area contributed by atoms with E-state index >= 15 is 0 Å². The monoisotopic (exact) mass is 396 g/mol. The van der Waals surface area contributed by atoms with Gasteiger partial charge in [-0.05, 0) is 42.3 Å². The first-order chi connectivity index (χ1) is 13.7. The molecule has 2 aromatic rings. The molecule has 146 valence electrons. The Morgan fingerprint density at radius 1 is 1.21 bits per heavy atom. The molecule has 1 atom stereocenters. The zero-order chi connectivity index (χ0) is 19.9. The Bertz CT molecular complexity index is 851. The van der Waals surface area contributed by atoms with Gasteiger partial charge in [0, 0.05) is 10.9 Å². The van der Waals surface area contributed by atoms with Crippen molar-refractivity contribution in [3.05, 3.63) is 46.7 Å². The highest BCUT2D eigenvalue weighted by atomic mass is 32.1. The van der Waals surface area contributed by atoms with Crippen LogP contribution in [0.1, 0.15) is 43.0 Å². The van der Waals surface area contributed by atoms with Crippen LogP contribution in [-0.2, 0) is 9.59 Å². The van der Waals surface area contributed by atoms with Gasteiger partial charge in [0.15, 0.2) is 6.04 Å². The number of hydrogen-bond donors (Lipinski definition) is 1. The van der Waals surface area contributed by atoms with E-state index in [1.807, 2.05) is 23.6 Å². The molecule has 0 spiro atoms. The molecule has 5 nitrogen and oxygen atoms in total. The van der Waals surface area contributed by atoms with E-state index in [4.69, 9.17) is 11.2 Å². The van der Waals surface area contributed by atoms with E-state index in [0.29, 0.717) is 11.4 Å². The minimum Gasteiger partial charge on any atom is -0.495 e. The zero-order valence-electron chi connectivity index (χ0n) is 15.9. The van der Waals surface area contributed by atoms with Crippen molar-refractivity contribution in [1.82, 2.24) is 5.32 Å². The molecule has 1 aliphatic carbocycles. The van der Waals surface area contributed by atoms with Crippen molar-refractivity contribution in [2.75, 3.05) is 12.0 Å². The van der Waals surface area contributed by atoms with Gasteiger partial charge in [0.25, 0.3) is 0 Å². The fraction of sp³-hybridized carbons (Fsp3) is 0.364. The molecule has 1 saturated carbocycles. The lowest BCUT2D eigenvalue weighted by atomic mass is 9.95. The number of benzene rings is 1. The van der Waals surface area contributed by atoms with Crippen LogP contribution in [0.5, 0.6) is 5.75 Å². The fourth-order valence-electron chi connectivity index (χ4n) is 3.61. The molecule has 0 aliphatic heterocycles. The highest BCUT2D eigenvalue weighted by Crippen LogP contribution is 2.36. The number of nitrogens with zero attached hydrogens (tertiary/aromatic N) is 1. The molecule has 1 aromatic carbocycles. The Kier molecular flexibility index (Phi) is 6.72. The van der Waals surface area contributed by atoms with Crippen LogP contribution in [0, 0.1) is 12.3 Å². The van der Waals surface area contributed by atoms with Gasteiger partial charge in [-0.3, -0.25) is 14.5 Å². The summed E-state index contributed by atoms with van der Waals surface area (Å²) >= 11 is 1.42. The summed E-state index contributed by atoms with van der Waals surface area (Å²) in [5.41, 5.74) is 0.477. The normalized spacial score (nSPS) is 15.3. The lowest BCUT2D eigenvalue weighted by molar-refractivity contribution is -0.125. The van der Waals surface area contributed by atoms with Gasteiger partial charge in [0.1, 0.15) is 5.75 Å². The van der Waals surface area contributed by atoms with Gasteiger partial charge in [0.05, 0.1) is 12.8 Å². The van der Waals surface area contributed by atoms with Crippen molar-refractivity contribution < 1.29 is 14.3 Å². The molecule has 0 bridgehead atoms. The summed E-state index contributed by atoms with van der Waals surface area (Å²) in [6, 6.07) is 10.1. The lowest BCUT2D eigenvalue weighted by Crippen LogP contribution is -2.47. The molecule has 0 saturated heterocycles. The first kappa shape index (κ1) is 20.0. The molecule has 1 aliphatic rings. The Hall–Kier alpha value is -2.78. The predicted molar refractivity (Wildman–Crippen MR) is 111 cm³/mol. The zero-order valence-corrected chi connectivity index (χ0v) is 16.7. The van der Waals surface area contributed by atoms with Crippen molar-refractivity contribution in [2.45, 2.75) is 44.2 Å². The molecular weight excluding hydrogens is 372 g/mol. The van der Waals surface area contributed by atoms with Crippen LogP contribution >= 0.6 is 11.3 Å². The van der Waals surface area contributed by atoms with Crippen LogP contribution in [0.2, 0.25) is 0 Å². The molecule has 1 heterocycles. The molecule has 1 N–H and O–H groups in total. The summed E-state index contributed by atoms with van der Waals surface area (Å²) in [4.78, 5) is 28.2. The number of nitrogens with one attached hydrogen (secondary N) is 1. The number of ether oxygens (including phenoxy) is 1. The summed E-state index contributed by atoms with van der Waals surface area (Å²) in [7, 11) is 1.53. The number of thiophene rings is 1. The van der Waals surface area contributed by atoms with E-state index in [9.17, 15) is 9.59 Å². The average Bonchev–Trinajstić information content (AvgIpc) is 3.26. The smallest absolute Gasteiger partial charge is 0.303 e. The summed E-state index contributed by atoms with van der Waals surface area (Å²) < 4.78 is 5.43. The van der Waals surface area contributed by atoms with Gasteiger partial charge >= 0.3 is 5.91 Å². The Morgan fingerprint density at radius 2 is 1.96 bits per heavy atom. The molecule has 0 radical (unpaired) electrons. The second kappa shape index (κ2) is 9.43. The minimum absolute atomic E-state index is 0.129. The van der Waals surface area contributed by atoms with Gasteiger partial charge < -0.3 is 10.1 Å². The van der Waals surface area contributed by atoms with Gasteiger partial charge in [-0.25, -0.2) is 0 Å². The highest BCUT2D eigenvalue weighted by Gasteiger charge is 2.35. The number of carbonyl (C=O) groups is 2. The Morgan fingerprint density at radius 3 is 2.61 bits per heavy atom. The summed E-state index contributed by atoms with van der Waals surface area (Å²) in [5.74, 6) is 1.86. The number of anilines is 1. The largest absolute Gasteiger partial charge is 0.495 e. The van der Waals surface area contributed by atoms with Crippen LogP contribution in [0.3, 0.4) is 0 Å². The van der Waals surface area contributed by atoms with E-state index < -0.39 is 11.9 Å². The second-order valence-electron chi connectivity index (χ2n) is 6.75. The maximum atomic E-state index is 13.3. The highest BCUT2D eigenvalue weighted by molar-refractivity contribution is 7.10. The van der Waals surface area contributed by atoms with Gasteiger partial charge in [-0.15, -0.1) is 17.8 Å². The molecule has 1 fully saturated rings. The van der Waals surface area contributed by atoms with Gasteiger partial charge in [0.2, 0.25) is 5.91 Å². The third-order valence-corrected chi connectivity index (χ3v) is 5.88. The van der Waals surface area contributed by atoms with Crippen LogP contribution in [-0.4, -0.2) is 25.0 Å². The first-order valence-electron chi connectivity index (χ1n) is 9.42. The van der Waals surface area contributed by atoms with Crippen LogP contribution in [0.15, 0.2) is 41.8 Å². The van der Waals surface area contributed by atoms with Crippen molar-refractivity contribution in [3.8, 4) is 18.1 Å². The van der Waals surface area contributed by atoms with Crippen LogP contribution in [0.25, 0.3) is 0 Å². The average molecular weight is 397 g/mol. The Balaban J connectivity index is 2.01. The van der Waals surface area contributed by atoms with Crippen LogP contribution < -0.4 is 15.0 Å². The van der Waals surface area contributed by atoms with Crippen molar-refractivity contribution >= 4 is 28.8 Å². The summed E-state index contributed by atoms with van der Waals surface area (Å²) in [5, 5.41) is 5.02. The third kappa shape index (κ3) is 4.37. The lowest BCUT2D eigenvalue weighted by Gasteiger charge is -2.32.